The van der Waals surface area contributed by atoms with E-state index in [9.17, 15) is 0 Å². The highest BCUT2D eigenvalue weighted by Gasteiger charge is 2.36. The van der Waals surface area contributed by atoms with Gasteiger partial charge in [0.05, 0.1) is 24.6 Å². The molecule has 0 aliphatic rings. The van der Waals surface area contributed by atoms with E-state index in [0.717, 1.165) is 5.92 Å². The topological polar surface area (TPSA) is 0 Å². The van der Waals surface area contributed by atoms with Crippen LogP contribution in [-0.4, -0.2) is 24.6 Å². The molecule has 1 heteroatoms. The van der Waals surface area contributed by atoms with Gasteiger partial charge in [0, 0.05) is 7.26 Å². The highest BCUT2D eigenvalue weighted by molar-refractivity contribution is 7.75. The minimum Gasteiger partial charge on any atom is -0.0654 e. The molecule has 0 fully saturated rings. The molecule has 0 radical (unpaired) electrons. The van der Waals surface area contributed by atoms with Crippen molar-refractivity contribution in [2.24, 2.45) is 5.92 Å². The van der Waals surface area contributed by atoms with Crippen molar-refractivity contribution in [1.29, 1.82) is 0 Å². The molecule has 0 bridgehead atoms. The van der Waals surface area contributed by atoms with E-state index in [1.807, 2.05) is 0 Å². The Kier molecular flexibility index (Phi) is 22.0. The van der Waals surface area contributed by atoms with Crippen LogP contribution in [0.1, 0.15) is 150 Å². The van der Waals surface area contributed by atoms with Gasteiger partial charge < -0.3 is 0 Å². The van der Waals surface area contributed by atoms with E-state index in [4.69, 9.17) is 0 Å². The van der Waals surface area contributed by atoms with Crippen molar-refractivity contribution in [3.8, 4) is 0 Å². The van der Waals surface area contributed by atoms with Gasteiger partial charge in [0.2, 0.25) is 0 Å². The predicted octanol–water partition coefficient (Wildman–Crippen LogP) is 10.7. The van der Waals surface area contributed by atoms with Gasteiger partial charge in [0.1, 0.15) is 0 Å². The monoisotopic (exact) mass is 427 g/mol. The number of unbranched alkanes of at least 4 members (excludes halogenated alkanes) is 13. The molecule has 1 atom stereocenters. The fourth-order valence-electron chi connectivity index (χ4n) is 5.00. The Morgan fingerprint density at radius 1 is 0.448 bits per heavy atom. The van der Waals surface area contributed by atoms with Crippen molar-refractivity contribution in [1.82, 2.24) is 0 Å². The normalized spacial score (nSPS) is 13.1. The predicted molar refractivity (Wildman–Crippen MR) is 141 cm³/mol. The van der Waals surface area contributed by atoms with Crippen LogP contribution >= 0.6 is 7.26 Å². The molecular weight excluding hydrogens is 367 g/mol. The molecule has 0 spiro atoms. The first-order chi connectivity index (χ1) is 14.1. The zero-order chi connectivity index (χ0) is 21.6. The zero-order valence-corrected chi connectivity index (χ0v) is 22.5. The molecule has 0 N–H and O–H groups in total. The highest BCUT2D eigenvalue weighted by atomic mass is 31.2. The molecule has 0 heterocycles. The lowest BCUT2D eigenvalue weighted by atomic mass is 10.0. The number of hydrogen-bond donors (Lipinski definition) is 0. The molecule has 0 saturated heterocycles. The zero-order valence-electron chi connectivity index (χ0n) is 21.6. The summed E-state index contributed by atoms with van der Waals surface area (Å²) < 4.78 is 0. The maximum Gasteiger partial charge on any atom is 0.0619 e. The van der Waals surface area contributed by atoms with E-state index >= 15 is 0 Å². The summed E-state index contributed by atoms with van der Waals surface area (Å²) >= 11 is 0. The molecule has 0 aromatic carbocycles. The second-order valence-electron chi connectivity index (χ2n) is 10.2. The van der Waals surface area contributed by atoms with Crippen LogP contribution in [-0.2, 0) is 0 Å². The van der Waals surface area contributed by atoms with Gasteiger partial charge in [-0.05, 0) is 31.6 Å². The Morgan fingerprint density at radius 2 is 0.793 bits per heavy atom. The summed E-state index contributed by atoms with van der Waals surface area (Å²) in [5.74, 6) is 0.979. The summed E-state index contributed by atoms with van der Waals surface area (Å²) in [5.41, 5.74) is 0. The fourth-order valence-corrected chi connectivity index (χ4v) is 10.7. The lowest BCUT2D eigenvalue weighted by Gasteiger charge is -2.30. The minimum absolute atomic E-state index is 0.684. The van der Waals surface area contributed by atoms with Crippen LogP contribution in [0.2, 0.25) is 0 Å². The molecule has 176 valence electrons. The first-order valence-corrected chi connectivity index (χ1v) is 16.5. The van der Waals surface area contributed by atoms with Crippen LogP contribution in [0, 0.1) is 5.92 Å². The average molecular weight is 428 g/mol. The van der Waals surface area contributed by atoms with Crippen LogP contribution in [0.5, 0.6) is 0 Å². The molecule has 29 heavy (non-hydrogen) atoms. The van der Waals surface area contributed by atoms with Crippen LogP contribution in [0.15, 0.2) is 0 Å². The minimum atomic E-state index is -0.684. The summed E-state index contributed by atoms with van der Waals surface area (Å²) in [6.45, 7) is 12.1. The van der Waals surface area contributed by atoms with Crippen molar-refractivity contribution >= 4 is 7.26 Å². The fraction of sp³-hybridized carbons (Fsp3) is 1.00. The Labute approximate surface area is 188 Å². The molecule has 0 saturated carbocycles. The van der Waals surface area contributed by atoms with Gasteiger partial charge in [0.15, 0.2) is 0 Å². The molecule has 0 aliphatic heterocycles. The standard InChI is InChI=1S/C28H60P/c1-6-10-14-15-16-17-18-19-20-21-22-23-28(5)27-29(24-11-7-2,25-12-8-3)26-13-9-4/h28H,6-27H2,1-5H3/q+1. The van der Waals surface area contributed by atoms with Crippen LogP contribution < -0.4 is 0 Å². The maximum atomic E-state index is 2.59. The summed E-state index contributed by atoms with van der Waals surface area (Å²) in [6.07, 6.45) is 32.8. The van der Waals surface area contributed by atoms with E-state index in [2.05, 4.69) is 34.6 Å². The summed E-state index contributed by atoms with van der Waals surface area (Å²) in [7, 11) is -0.684. The first kappa shape index (κ1) is 29.4. The van der Waals surface area contributed by atoms with Crippen molar-refractivity contribution in [3.63, 3.8) is 0 Å². The summed E-state index contributed by atoms with van der Waals surface area (Å²) in [6, 6.07) is 0. The summed E-state index contributed by atoms with van der Waals surface area (Å²) in [4.78, 5) is 0. The molecule has 0 nitrogen and oxygen atoms in total. The van der Waals surface area contributed by atoms with E-state index in [1.165, 1.54) is 116 Å². The first-order valence-electron chi connectivity index (χ1n) is 14.0. The van der Waals surface area contributed by atoms with Gasteiger partial charge in [-0.3, -0.25) is 0 Å². The number of rotatable bonds is 23. The van der Waals surface area contributed by atoms with E-state index < -0.39 is 7.26 Å². The third kappa shape index (κ3) is 17.8. The van der Waals surface area contributed by atoms with E-state index in [0.29, 0.717) is 0 Å². The van der Waals surface area contributed by atoms with Gasteiger partial charge >= 0.3 is 0 Å². The van der Waals surface area contributed by atoms with Gasteiger partial charge in [-0.1, -0.05) is 125 Å². The Morgan fingerprint density at radius 3 is 1.17 bits per heavy atom. The molecular formula is C28H60P+. The quantitative estimate of drug-likeness (QED) is 0.112. The Bertz CT molecular complexity index is 290. The second-order valence-corrected chi connectivity index (χ2v) is 14.6. The van der Waals surface area contributed by atoms with Gasteiger partial charge in [-0.2, -0.15) is 0 Å². The lowest BCUT2D eigenvalue weighted by molar-refractivity contribution is 0.505. The summed E-state index contributed by atoms with van der Waals surface area (Å²) in [5, 5.41) is 0. The molecule has 0 aromatic rings. The van der Waals surface area contributed by atoms with E-state index in [-0.39, 0.29) is 0 Å². The van der Waals surface area contributed by atoms with Gasteiger partial charge in [-0.25, -0.2) is 0 Å². The molecule has 0 amide bonds. The molecule has 1 unspecified atom stereocenters. The van der Waals surface area contributed by atoms with Crippen molar-refractivity contribution in [2.75, 3.05) is 24.6 Å². The maximum absolute atomic E-state index is 2.59. The lowest BCUT2D eigenvalue weighted by Crippen LogP contribution is -2.17. The molecule has 0 aliphatic carbocycles. The van der Waals surface area contributed by atoms with Crippen LogP contribution in [0.25, 0.3) is 0 Å². The third-order valence-electron chi connectivity index (χ3n) is 6.96. The Balaban J connectivity index is 4.05. The molecule has 0 rings (SSSR count). The van der Waals surface area contributed by atoms with E-state index in [1.54, 1.807) is 24.6 Å². The largest absolute Gasteiger partial charge is 0.0654 e. The number of hydrogen-bond acceptors (Lipinski definition) is 0. The SMILES string of the molecule is CCCCCCCCCCCCCC(C)C[P+](CCCC)(CCCC)CCCC. The average Bonchev–Trinajstić information content (AvgIpc) is 2.73. The van der Waals surface area contributed by atoms with Crippen LogP contribution in [0.4, 0.5) is 0 Å². The third-order valence-corrected chi connectivity index (χ3v) is 12.2. The van der Waals surface area contributed by atoms with Gasteiger partial charge in [-0.15, -0.1) is 0 Å². The second kappa shape index (κ2) is 21.7. The Hall–Kier alpha value is 0.430. The smallest absolute Gasteiger partial charge is 0.0619 e. The molecule has 0 aromatic heterocycles. The van der Waals surface area contributed by atoms with Crippen molar-refractivity contribution < 1.29 is 0 Å². The van der Waals surface area contributed by atoms with Crippen molar-refractivity contribution in [2.45, 2.75) is 150 Å². The van der Waals surface area contributed by atoms with Crippen molar-refractivity contribution in [3.05, 3.63) is 0 Å². The van der Waals surface area contributed by atoms with Gasteiger partial charge in [0.25, 0.3) is 0 Å². The van der Waals surface area contributed by atoms with Crippen LogP contribution in [0.3, 0.4) is 0 Å². The highest BCUT2D eigenvalue weighted by Crippen LogP contribution is 2.62.